The van der Waals surface area contributed by atoms with E-state index in [2.05, 4.69) is 5.32 Å². The Morgan fingerprint density at radius 2 is 2.09 bits per heavy atom. The van der Waals surface area contributed by atoms with Crippen LogP contribution < -0.4 is 10.1 Å². The highest BCUT2D eigenvalue weighted by molar-refractivity contribution is 5.81. The van der Waals surface area contributed by atoms with Gasteiger partial charge in [-0.25, -0.2) is 4.79 Å². The summed E-state index contributed by atoms with van der Waals surface area (Å²) in [5.41, 5.74) is 1.97. The summed E-state index contributed by atoms with van der Waals surface area (Å²) in [6.45, 7) is 2.16. The molecule has 122 valence electrons. The first-order valence-corrected chi connectivity index (χ1v) is 7.49. The summed E-state index contributed by atoms with van der Waals surface area (Å²) in [5.74, 6) is 0.473. The summed E-state index contributed by atoms with van der Waals surface area (Å²) in [6.07, 6.45) is 7.20. The van der Waals surface area contributed by atoms with Crippen LogP contribution >= 0.6 is 0 Å². The first kappa shape index (κ1) is 16.7. The molecule has 0 fully saturated rings. The molecule has 1 atom stereocenters. The van der Waals surface area contributed by atoms with Gasteiger partial charge in [-0.1, -0.05) is 6.08 Å². The molecule has 0 spiro atoms. The molecule has 0 saturated heterocycles. The molecule has 1 aromatic heterocycles. The minimum Gasteiger partial charge on any atom is -0.497 e. The first-order chi connectivity index (χ1) is 11.2. The van der Waals surface area contributed by atoms with E-state index in [1.807, 2.05) is 30.3 Å². The number of anilines is 1. The third-order valence-electron chi connectivity index (χ3n) is 3.29. The quantitative estimate of drug-likeness (QED) is 0.590. The van der Waals surface area contributed by atoms with Crippen LogP contribution in [0.25, 0.3) is 0 Å². The molecule has 5 heteroatoms. The Labute approximate surface area is 135 Å². The second-order valence-corrected chi connectivity index (χ2v) is 4.87. The molecule has 2 rings (SSSR count). The maximum atomic E-state index is 11.4. The van der Waals surface area contributed by atoms with Gasteiger partial charge in [-0.2, -0.15) is 0 Å². The third-order valence-corrected chi connectivity index (χ3v) is 3.29. The second kappa shape index (κ2) is 8.68. The molecule has 1 heterocycles. The zero-order valence-electron chi connectivity index (χ0n) is 13.3. The molecular weight excluding hydrogens is 294 g/mol. The number of esters is 1. The van der Waals surface area contributed by atoms with Gasteiger partial charge in [0.1, 0.15) is 5.75 Å². The maximum Gasteiger partial charge on any atom is 0.330 e. The molecule has 5 nitrogen and oxygen atoms in total. The summed E-state index contributed by atoms with van der Waals surface area (Å²) < 4.78 is 15.2. The fourth-order valence-corrected chi connectivity index (χ4v) is 2.13. The Kier molecular flexibility index (Phi) is 6.29. The first-order valence-electron chi connectivity index (χ1n) is 7.49. The van der Waals surface area contributed by atoms with E-state index in [1.165, 1.54) is 6.08 Å². The predicted octanol–water partition coefficient (Wildman–Crippen LogP) is 3.95. The Balaban J connectivity index is 2.04. The average Bonchev–Trinajstić information content (AvgIpc) is 3.09. The van der Waals surface area contributed by atoms with Crippen molar-refractivity contribution in [3.05, 3.63) is 60.6 Å². The minimum atomic E-state index is -0.331. The molecule has 0 unspecified atom stereocenters. The van der Waals surface area contributed by atoms with E-state index in [9.17, 15) is 4.79 Å². The zero-order chi connectivity index (χ0) is 16.5. The van der Waals surface area contributed by atoms with Gasteiger partial charge in [0.25, 0.3) is 0 Å². The molecule has 1 aromatic carbocycles. The lowest BCUT2D eigenvalue weighted by molar-refractivity contribution is -0.137. The van der Waals surface area contributed by atoms with Crippen molar-refractivity contribution in [3.8, 4) is 5.75 Å². The topological polar surface area (TPSA) is 60.7 Å². The van der Waals surface area contributed by atoms with Crippen LogP contribution in [-0.2, 0) is 9.53 Å². The van der Waals surface area contributed by atoms with Gasteiger partial charge >= 0.3 is 5.97 Å². The standard InChI is InChI=1S/C18H21NO4/c1-3-23-18(20)6-4-5-17(14-11-12-22-13-14)19-15-7-9-16(21-2)10-8-15/h4,6-13,17,19H,3,5H2,1-2H3/b6-4+/t17-/m0/s1. The van der Waals surface area contributed by atoms with Gasteiger partial charge in [0.15, 0.2) is 0 Å². The van der Waals surface area contributed by atoms with Gasteiger partial charge < -0.3 is 19.2 Å². The lowest BCUT2D eigenvalue weighted by atomic mass is 10.1. The monoisotopic (exact) mass is 315 g/mol. The smallest absolute Gasteiger partial charge is 0.330 e. The van der Waals surface area contributed by atoms with E-state index in [0.717, 1.165) is 17.0 Å². The number of rotatable bonds is 8. The largest absolute Gasteiger partial charge is 0.497 e. The highest BCUT2D eigenvalue weighted by Crippen LogP contribution is 2.25. The lowest BCUT2D eigenvalue weighted by Gasteiger charge is -2.17. The predicted molar refractivity (Wildman–Crippen MR) is 88.5 cm³/mol. The van der Waals surface area contributed by atoms with E-state index >= 15 is 0 Å². The lowest BCUT2D eigenvalue weighted by Crippen LogP contribution is -2.09. The molecule has 0 aliphatic carbocycles. The molecule has 0 radical (unpaired) electrons. The Bertz CT molecular complexity index is 617. The van der Waals surface area contributed by atoms with Gasteiger partial charge in [-0.15, -0.1) is 0 Å². The maximum absolute atomic E-state index is 11.4. The van der Waals surface area contributed by atoms with Crippen molar-refractivity contribution < 1.29 is 18.7 Å². The number of furan rings is 1. The van der Waals surface area contributed by atoms with Crippen molar-refractivity contribution in [1.82, 2.24) is 0 Å². The Hall–Kier alpha value is -2.69. The summed E-state index contributed by atoms with van der Waals surface area (Å²) in [6, 6.07) is 9.57. The fraction of sp³-hybridized carbons (Fsp3) is 0.278. The Morgan fingerprint density at radius 1 is 1.30 bits per heavy atom. The van der Waals surface area contributed by atoms with Crippen molar-refractivity contribution in [1.29, 1.82) is 0 Å². The fourth-order valence-electron chi connectivity index (χ4n) is 2.13. The number of ether oxygens (including phenoxy) is 2. The molecule has 23 heavy (non-hydrogen) atoms. The van der Waals surface area contributed by atoms with Gasteiger partial charge in [0, 0.05) is 17.3 Å². The number of nitrogens with one attached hydrogen (secondary N) is 1. The minimum absolute atomic E-state index is 0.00665. The van der Waals surface area contributed by atoms with E-state index in [1.54, 1.807) is 32.6 Å². The SMILES string of the molecule is CCOC(=O)/C=C/C[C@H](Nc1ccc(OC)cc1)c1ccoc1. The number of hydrogen-bond donors (Lipinski definition) is 1. The van der Waals surface area contributed by atoms with Gasteiger partial charge in [0.05, 0.1) is 32.3 Å². The van der Waals surface area contributed by atoms with Crippen molar-refractivity contribution in [2.45, 2.75) is 19.4 Å². The molecule has 0 bridgehead atoms. The molecular formula is C18H21NO4. The third kappa shape index (κ3) is 5.21. The average molecular weight is 315 g/mol. The molecule has 0 aliphatic heterocycles. The van der Waals surface area contributed by atoms with Gasteiger partial charge in [-0.05, 0) is 43.7 Å². The summed E-state index contributed by atoms with van der Waals surface area (Å²) >= 11 is 0. The Morgan fingerprint density at radius 3 is 2.70 bits per heavy atom. The molecule has 1 N–H and O–H groups in total. The van der Waals surface area contributed by atoms with E-state index in [-0.39, 0.29) is 12.0 Å². The van der Waals surface area contributed by atoms with Crippen LogP contribution in [0.15, 0.2) is 59.4 Å². The number of carbonyl (C=O) groups excluding carboxylic acids is 1. The zero-order valence-corrected chi connectivity index (χ0v) is 13.3. The van der Waals surface area contributed by atoms with Crippen molar-refractivity contribution >= 4 is 11.7 Å². The summed E-state index contributed by atoms with van der Waals surface area (Å²) in [4.78, 5) is 11.4. The van der Waals surface area contributed by atoms with Crippen molar-refractivity contribution in [2.75, 3.05) is 19.0 Å². The molecule has 0 amide bonds. The van der Waals surface area contributed by atoms with Crippen LogP contribution in [0, 0.1) is 0 Å². The van der Waals surface area contributed by atoms with Crippen LogP contribution in [0.1, 0.15) is 24.9 Å². The van der Waals surface area contributed by atoms with E-state index in [4.69, 9.17) is 13.9 Å². The molecule has 0 aliphatic rings. The van der Waals surface area contributed by atoms with Crippen LogP contribution in [0.4, 0.5) is 5.69 Å². The molecule has 0 saturated carbocycles. The number of hydrogen-bond acceptors (Lipinski definition) is 5. The second-order valence-electron chi connectivity index (χ2n) is 4.87. The summed E-state index contributed by atoms with van der Waals surface area (Å²) in [5, 5.41) is 3.42. The highest BCUT2D eigenvalue weighted by Gasteiger charge is 2.11. The van der Waals surface area contributed by atoms with Gasteiger partial charge in [-0.3, -0.25) is 0 Å². The number of methoxy groups -OCH3 is 1. The number of carbonyl (C=O) groups is 1. The van der Waals surface area contributed by atoms with Gasteiger partial charge in [0.2, 0.25) is 0 Å². The van der Waals surface area contributed by atoms with Crippen molar-refractivity contribution in [2.24, 2.45) is 0 Å². The van der Waals surface area contributed by atoms with Crippen molar-refractivity contribution in [3.63, 3.8) is 0 Å². The summed E-state index contributed by atoms with van der Waals surface area (Å²) in [7, 11) is 1.64. The normalized spacial score (nSPS) is 12.1. The highest BCUT2D eigenvalue weighted by atomic mass is 16.5. The van der Waals surface area contributed by atoms with E-state index in [0.29, 0.717) is 13.0 Å². The van der Waals surface area contributed by atoms with E-state index < -0.39 is 0 Å². The van der Waals surface area contributed by atoms with Crippen LogP contribution in [-0.4, -0.2) is 19.7 Å². The van der Waals surface area contributed by atoms with Crippen LogP contribution in [0.3, 0.4) is 0 Å². The number of benzene rings is 1. The van der Waals surface area contributed by atoms with Crippen LogP contribution in [0.2, 0.25) is 0 Å². The molecule has 2 aromatic rings. The van der Waals surface area contributed by atoms with Crippen LogP contribution in [0.5, 0.6) is 5.75 Å².